The average molecular weight is 517 g/mol. The molecule has 5 aliphatic rings. The van der Waals surface area contributed by atoms with Crippen LogP contribution in [-0.2, 0) is 9.53 Å². The number of allylic oxidation sites excluding steroid dienone is 1. The quantitative estimate of drug-likeness (QED) is 0.327. The van der Waals surface area contributed by atoms with E-state index in [1.807, 2.05) is 0 Å². The van der Waals surface area contributed by atoms with Crippen molar-refractivity contribution in [3.63, 3.8) is 0 Å². The lowest BCUT2D eigenvalue weighted by atomic mass is 9.45. The molecule has 0 aromatic heterocycles. The van der Waals surface area contributed by atoms with Crippen molar-refractivity contribution < 1.29 is 24.9 Å². The van der Waals surface area contributed by atoms with E-state index in [1.165, 1.54) is 13.3 Å². The van der Waals surface area contributed by atoms with Crippen molar-refractivity contribution in [1.29, 1.82) is 0 Å². The van der Waals surface area contributed by atoms with Crippen molar-refractivity contribution in [1.82, 2.24) is 0 Å². The first-order valence-corrected chi connectivity index (χ1v) is 15.1. The van der Waals surface area contributed by atoms with Crippen LogP contribution in [0, 0.1) is 63.6 Å². The summed E-state index contributed by atoms with van der Waals surface area (Å²) in [5.41, 5.74) is 0.788. The number of ether oxygens (including phenoxy) is 1. The normalized spacial score (nSPS) is 50.4. The molecule has 0 heterocycles. The number of carbonyl (C=O) groups is 1. The Kier molecular flexibility index (Phi) is 6.98. The Morgan fingerprint density at radius 2 is 1.78 bits per heavy atom. The summed E-state index contributed by atoms with van der Waals surface area (Å²) in [5, 5.41) is 33.6. The molecular formula is C32H52O5. The molecule has 4 fully saturated rings. The van der Waals surface area contributed by atoms with E-state index in [0.717, 1.165) is 24.8 Å². The highest BCUT2D eigenvalue weighted by molar-refractivity contribution is 5.66. The Morgan fingerprint density at radius 3 is 2.43 bits per heavy atom. The molecule has 0 spiro atoms. The van der Waals surface area contributed by atoms with Crippen LogP contribution in [0.25, 0.3) is 0 Å². The van der Waals surface area contributed by atoms with Gasteiger partial charge in [0, 0.05) is 24.2 Å². The molecule has 13 atom stereocenters. The number of aliphatic hydroxyl groups is 3. The van der Waals surface area contributed by atoms with Crippen LogP contribution in [-0.4, -0.2) is 46.2 Å². The molecule has 37 heavy (non-hydrogen) atoms. The maximum atomic E-state index is 12.1. The second-order valence-electron chi connectivity index (χ2n) is 14.8. The van der Waals surface area contributed by atoms with Gasteiger partial charge in [-0.1, -0.05) is 53.2 Å². The minimum atomic E-state index is -0.647. The van der Waals surface area contributed by atoms with Gasteiger partial charge in [-0.3, -0.25) is 4.79 Å². The van der Waals surface area contributed by atoms with Crippen molar-refractivity contribution in [3.05, 3.63) is 11.6 Å². The Balaban J connectivity index is 1.48. The highest BCUT2D eigenvalue weighted by atomic mass is 16.5. The van der Waals surface area contributed by atoms with Crippen LogP contribution in [0.3, 0.4) is 0 Å². The predicted octanol–water partition coefficient (Wildman–Crippen LogP) is 5.37. The van der Waals surface area contributed by atoms with E-state index in [1.54, 1.807) is 0 Å². The van der Waals surface area contributed by atoms with Crippen LogP contribution in [0.4, 0.5) is 0 Å². The molecule has 0 unspecified atom stereocenters. The summed E-state index contributed by atoms with van der Waals surface area (Å²) in [4.78, 5) is 12.1. The van der Waals surface area contributed by atoms with Crippen molar-refractivity contribution in [2.45, 2.75) is 112 Å². The van der Waals surface area contributed by atoms with Gasteiger partial charge in [-0.2, -0.15) is 0 Å². The lowest BCUT2D eigenvalue weighted by Gasteiger charge is -2.61. The molecule has 0 amide bonds. The molecular weight excluding hydrogens is 464 g/mol. The molecule has 0 aliphatic heterocycles. The maximum Gasteiger partial charge on any atom is 0.302 e. The molecule has 0 aromatic carbocycles. The Hall–Kier alpha value is -0.910. The predicted molar refractivity (Wildman–Crippen MR) is 144 cm³/mol. The Bertz CT molecular complexity index is 928. The van der Waals surface area contributed by atoms with E-state index in [4.69, 9.17) is 4.74 Å². The number of hydrogen-bond acceptors (Lipinski definition) is 5. The molecule has 5 heteroatoms. The van der Waals surface area contributed by atoms with E-state index in [0.29, 0.717) is 66.8 Å². The van der Waals surface area contributed by atoms with Crippen LogP contribution < -0.4 is 0 Å². The topological polar surface area (TPSA) is 87.0 Å². The van der Waals surface area contributed by atoms with Gasteiger partial charge >= 0.3 is 5.97 Å². The average Bonchev–Trinajstić information content (AvgIpc) is 3.37. The van der Waals surface area contributed by atoms with E-state index in [-0.39, 0.29) is 23.2 Å². The number of hydrogen-bond donors (Lipinski definition) is 3. The SMILES string of the molecule is CC(=O)OC[C@]12C[C@@H](O)[C@H]3[C@@H](CC=C4C[C@@H](O)C[C@H](O)[C@@]43C)[C@@H]1CC[C@@H]2[C@H](C)[C@H]1C[C@]1(C)[C@H](C)C(C)C. The zero-order valence-corrected chi connectivity index (χ0v) is 24.2. The largest absolute Gasteiger partial charge is 0.465 e. The van der Waals surface area contributed by atoms with E-state index in [9.17, 15) is 20.1 Å². The van der Waals surface area contributed by atoms with Gasteiger partial charge in [-0.15, -0.1) is 0 Å². The van der Waals surface area contributed by atoms with Crippen LogP contribution in [0.15, 0.2) is 11.6 Å². The van der Waals surface area contributed by atoms with Crippen molar-refractivity contribution in [2.75, 3.05) is 6.61 Å². The first kappa shape index (κ1) is 27.6. The van der Waals surface area contributed by atoms with Gasteiger partial charge in [-0.05, 0) is 91.3 Å². The molecule has 210 valence electrons. The summed E-state index contributed by atoms with van der Waals surface area (Å²) < 4.78 is 5.85. The molecule has 0 saturated heterocycles. The van der Waals surface area contributed by atoms with Crippen molar-refractivity contribution in [2.24, 2.45) is 63.6 Å². The molecule has 5 rings (SSSR count). The van der Waals surface area contributed by atoms with Crippen LogP contribution in [0.2, 0.25) is 0 Å². The third kappa shape index (κ3) is 4.08. The summed E-state index contributed by atoms with van der Waals surface area (Å²) in [6, 6.07) is 0. The van der Waals surface area contributed by atoms with E-state index < -0.39 is 23.7 Å². The van der Waals surface area contributed by atoms with Gasteiger partial charge < -0.3 is 20.1 Å². The number of rotatable bonds is 6. The molecule has 4 saturated carbocycles. The minimum absolute atomic E-state index is 0.0216. The second kappa shape index (κ2) is 9.34. The molecule has 5 nitrogen and oxygen atoms in total. The first-order valence-electron chi connectivity index (χ1n) is 15.1. The fourth-order valence-corrected chi connectivity index (χ4v) is 10.7. The Morgan fingerprint density at radius 1 is 1.08 bits per heavy atom. The third-order valence-electron chi connectivity index (χ3n) is 13.1. The Labute approximate surface area is 224 Å². The minimum Gasteiger partial charge on any atom is -0.465 e. The molecule has 3 N–H and O–H groups in total. The first-order chi connectivity index (χ1) is 17.3. The fraction of sp³-hybridized carbons (Fsp3) is 0.906. The molecule has 0 aromatic rings. The van der Waals surface area contributed by atoms with Gasteiger partial charge in [0.25, 0.3) is 0 Å². The highest BCUT2D eigenvalue weighted by Gasteiger charge is 2.68. The standard InChI is InChI=1S/C32H52O5/c1-17(2)19(4)30(6)14-26(30)18(3)24-10-11-25-23-9-8-21-12-22(34)13-28(36)31(21,7)29(23)27(35)15-32(24,25)16-37-20(5)33/h8,17-19,22-29,34-36H,9-16H2,1-7H3/t18-,19+,22+,23-,24+,25-,26+,27+,28-,29+,30+,31+,32-/m0/s1. The lowest BCUT2D eigenvalue weighted by molar-refractivity contribution is -0.183. The zero-order chi connectivity index (χ0) is 27.1. The third-order valence-corrected chi connectivity index (χ3v) is 13.1. The van der Waals surface area contributed by atoms with Crippen LogP contribution >= 0.6 is 0 Å². The molecule has 0 radical (unpaired) electrons. The van der Waals surface area contributed by atoms with Gasteiger partial charge in [0.15, 0.2) is 0 Å². The van der Waals surface area contributed by atoms with Gasteiger partial charge in [0.05, 0.1) is 24.9 Å². The summed E-state index contributed by atoms with van der Waals surface area (Å²) in [6.45, 7) is 16.0. The zero-order valence-electron chi connectivity index (χ0n) is 24.2. The van der Waals surface area contributed by atoms with Crippen molar-refractivity contribution in [3.8, 4) is 0 Å². The van der Waals surface area contributed by atoms with Crippen LogP contribution in [0.5, 0.6) is 0 Å². The lowest BCUT2D eigenvalue weighted by Crippen LogP contribution is -2.61. The summed E-state index contributed by atoms with van der Waals surface area (Å²) in [6.07, 6.45) is 6.56. The van der Waals surface area contributed by atoms with Crippen LogP contribution in [0.1, 0.15) is 93.4 Å². The molecule has 5 aliphatic carbocycles. The van der Waals surface area contributed by atoms with E-state index in [2.05, 4.69) is 47.6 Å². The second-order valence-corrected chi connectivity index (χ2v) is 14.8. The van der Waals surface area contributed by atoms with Gasteiger partial charge in [-0.25, -0.2) is 0 Å². The highest BCUT2D eigenvalue weighted by Crippen LogP contribution is 2.71. The summed E-state index contributed by atoms with van der Waals surface area (Å²) >= 11 is 0. The summed E-state index contributed by atoms with van der Waals surface area (Å²) in [5.74, 6) is 3.34. The monoisotopic (exact) mass is 516 g/mol. The van der Waals surface area contributed by atoms with E-state index >= 15 is 0 Å². The fourth-order valence-electron chi connectivity index (χ4n) is 10.7. The molecule has 0 bridgehead atoms. The van der Waals surface area contributed by atoms with Gasteiger partial charge in [0.2, 0.25) is 0 Å². The number of aliphatic hydroxyl groups excluding tert-OH is 3. The number of fused-ring (bicyclic) bond motifs is 5. The number of esters is 1. The van der Waals surface area contributed by atoms with Gasteiger partial charge in [0.1, 0.15) is 0 Å². The van der Waals surface area contributed by atoms with Crippen molar-refractivity contribution >= 4 is 5.97 Å². The summed E-state index contributed by atoms with van der Waals surface area (Å²) in [7, 11) is 0. The number of carbonyl (C=O) groups excluding carboxylic acids is 1. The maximum absolute atomic E-state index is 12.1. The smallest absolute Gasteiger partial charge is 0.302 e.